The molecule has 13 heavy (non-hydrogen) atoms. The molecule has 0 saturated carbocycles. The molecule has 0 fully saturated rings. The van der Waals surface area contributed by atoms with Crippen LogP contribution in [0.1, 0.15) is 11.4 Å². The molecule has 0 N–H and O–H groups in total. The summed E-state index contributed by atoms with van der Waals surface area (Å²) in [5, 5.41) is 4.04. The molecule has 0 radical (unpaired) electrons. The van der Waals surface area contributed by atoms with Crippen LogP contribution in [-0.2, 0) is 28.0 Å². The Morgan fingerprint density at radius 1 is 1.62 bits per heavy atom. The predicted octanol–water partition coefficient (Wildman–Crippen LogP) is 0.205. The molecule has 0 bridgehead atoms. The topological polar surface area (TPSA) is 61.2 Å². The second kappa shape index (κ2) is 3.47. The van der Waals surface area contributed by atoms with Crippen LogP contribution < -0.4 is 0 Å². The van der Waals surface area contributed by atoms with Gasteiger partial charge in [0.25, 0.3) is 10.1 Å². The molecule has 0 aliphatic carbocycles. The number of aryl methyl sites for hydroxylation is 2. The van der Waals surface area contributed by atoms with Crippen LogP contribution in [0.25, 0.3) is 0 Å². The molecule has 0 saturated heterocycles. The first-order chi connectivity index (χ1) is 5.88. The van der Waals surface area contributed by atoms with E-state index >= 15 is 0 Å². The van der Waals surface area contributed by atoms with E-state index in [9.17, 15) is 8.42 Å². The molecule has 6 heteroatoms. The van der Waals surface area contributed by atoms with Gasteiger partial charge >= 0.3 is 0 Å². The first-order valence-electron chi connectivity index (χ1n) is 3.72. The van der Waals surface area contributed by atoms with Gasteiger partial charge in [-0.25, -0.2) is 0 Å². The van der Waals surface area contributed by atoms with Gasteiger partial charge in [-0.2, -0.15) is 13.5 Å². The molecule has 0 amide bonds. The fourth-order valence-electron chi connectivity index (χ4n) is 0.873. The van der Waals surface area contributed by atoms with Gasteiger partial charge in [0, 0.05) is 12.7 Å². The standard InChI is InChI=1S/C7H12N2O3S/c1-6-4-7(8-9(6)2)5-12-13(3,10)11/h4H,5H2,1-3H3. The summed E-state index contributed by atoms with van der Waals surface area (Å²) in [6.07, 6.45) is 1.02. The lowest BCUT2D eigenvalue weighted by Gasteiger charge is -1.96. The van der Waals surface area contributed by atoms with Crippen molar-refractivity contribution < 1.29 is 12.6 Å². The minimum atomic E-state index is -3.38. The number of nitrogens with zero attached hydrogens (tertiary/aromatic N) is 2. The van der Waals surface area contributed by atoms with E-state index in [1.165, 1.54) is 0 Å². The van der Waals surface area contributed by atoms with Gasteiger partial charge in [0.15, 0.2) is 0 Å². The minimum Gasteiger partial charge on any atom is -0.273 e. The molecule has 0 unspecified atom stereocenters. The van der Waals surface area contributed by atoms with Crippen molar-refractivity contribution in [2.75, 3.05) is 6.26 Å². The van der Waals surface area contributed by atoms with Crippen molar-refractivity contribution >= 4 is 10.1 Å². The molecule has 1 heterocycles. The summed E-state index contributed by atoms with van der Waals surface area (Å²) in [5.41, 5.74) is 1.58. The molecule has 5 nitrogen and oxygen atoms in total. The van der Waals surface area contributed by atoms with E-state index in [0.717, 1.165) is 11.9 Å². The zero-order valence-corrected chi connectivity index (χ0v) is 8.63. The van der Waals surface area contributed by atoms with E-state index in [0.29, 0.717) is 5.69 Å². The van der Waals surface area contributed by atoms with Gasteiger partial charge in [0.05, 0.1) is 11.9 Å². The highest BCUT2D eigenvalue weighted by molar-refractivity contribution is 7.85. The lowest BCUT2D eigenvalue weighted by molar-refractivity contribution is 0.306. The SMILES string of the molecule is Cc1cc(COS(C)(=O)=O)nn1C. The van der Waals surface area contributed by atoms with Crippen molar-refractivity contribution in [2.45, 2.75) is 13.5 Å². The Morgan fingerprint density at radius 2 is 2.23 bits per heavy atom. The van der Waals surface area contributed by atoms with Crippen molar-refractivity contribution in [2.24, 2.45) is 7.05 Å². The van der Waals surface area contributed by atoms with Gasteiger partial charge in [0.1, 0.15) is 6.61 Å². The van der Waals surface area contributed by atoms with E-state index in [-0.39, 0.29) is 6.61 Å². The van der Waals surface area contributed by atoms with Crippen LogP contribution in [0.3, 0.4) is 0 Å². The number of hydrogen-bond donors (Lipinski definition) is 0. The first-order valence-corrected chi connectivity index (χ1v) is 5.54. The fourth-order valence-corrected chi connectivity index (χ4v) is 1.21. The Balaban J connectivity index is 2.66. The van der Waals surface area contributed by atoms with Crippen LogP contribution >= 0.6 is 0 Å². The van der Waals surface area contributed by atoms with Gasteiger partial charge in [-0.3, -0.25) is 8.86 Å². The summed E-state index contributed by atoms with van der Waals surface area (Å²) in [6, 6.07) is 1.78. The largest absolute Gasteiger partial charge is 0.273 e. The monoisotopic (exact) mass is 204 g/mol. The average Bonchev–Trinajstić information content (AvgIpc) is 2.27. The summed E-state index contributed by atoms with van der Waals surface area (Å²) in [6.45, 7) is 1.89. The van der Waals surface area contributed by atoms with Gasteiger partial charge < -0.3 is 0 Å². The van der Waals surface area contributed by atoms with Crippen molar-refractivity contribution in [1.82, 2.24) is 9.78 Å². The third kappa shape index (κ3) is 3.16. The Labute approximate surface area is 77.4 Å². The summed E-state index contributed by atoms with van der Waals surface area (Å²) in [4.78, 5) is 0. The summed E-state index contributed by atoms with van der Waals surface area (Å²) < 4.78 is 27.5. The van der Waals surface area contributed by atoms with Crippen molar-refractivity contribution in [1.29, 1.82) is 0 Å². The van der Waals surface area contributed by atoms with Gasteiger partial charge in [-0.05, 0) is 13.0 Å². The first kappa shape index (κ1) is 10.2. The highest BCUT2D eigenvalue weighted by Crippen LogP contribution is 2.04. The molecule has 0 aliphatic heterocycles. The Hall–Kier alpha value is -0.880. The lowest BCUT2D eigenvalue weighted by atomic mass is 10.4. The van der Waals surface area contributed by atoms with Crippen LogP contribution in [0.5, 0.6) is 0 Å². The van der Waals surface area contributed by atoms with E-state index in [2.05, 4.69) is 9.28 Å². The molecule has 1 rings (SSSR count). The Bertz CT molecular complexity index is 374. The molecular formula is C7H12N2O3S. The number of hydrogen-bond acceptors (Lipinski definition) is 4. The lowest BCUT2D eigenvalue weighted by Crippen LogP contribution is -2.03. The molecule has 0 spiro atoms. The molecule has 0 aromatic carbocycles. The maximum atomic E-state index is 10.6. The molecule has 0 atom stereocenters. The third-order valence-electron chi connectivity index (χ3n) is 1.59. The second-order valence-electron chi connectivity index (χ2n) is 2.87. The number of rotatable bonds is 3. The van der Waals surface area contributed by atoms with Gasteiger partial charge in [0.2, 0.25) is 0 Å². The van der Waals surface area contributed by atoms with E-state index in [4.69, 9.17) is 0 Å². The van der Waals surface area contributed by atoms with Crippen LogP contribution in [0.15, 0.2) is 6.07 Å². The average molecular weight is 204 g/mol. The van der Waals surface area contributed by atoms with E-state index < -0.39 is 10.1 Å². The maximum absolute atomic E-state index is 10.6. The molecule has 1 aromatic heterocycles. The molecule has 0 aliphatic rings. The van der Waals surface area contributed by atoms with Gasteiger partial charge in [-0.1, -0.05) is 0 Å². The highest BCUT2D eigenvalue weighted by Gasteiger charge is 2.05. The Morgan fingerprint density at radius 3 is 2.62 bits per heavy atom. The van der Waals surface area contributed by atoms with Gasteiger partial charge in [-0.15, -0.1) is 0 Å². The van der Waals surface area contributed by atoms with Crippen molar-refractivity contribution in [3.8, 4) is 0 Å². The molecule has 74 valence electrons. The zero-order chi connectivity index (χ0) is 10.1. The smallest absolute Gasteiger partial charge is 0.264 e. The fraction of sp³-hybridized carbons (Fsp3) is 0.571. The Kier molecular flexibility index (Phi) is 2.72. The van der Waals surface area contributed by atoms with Crippen molar-refractivity contribution in [3.05, 3.63) is 17.5 Å². The highest BCUT2D eigenvalue weighted by atomic mass is 32.2. The second-order valence-corrected chi connectivity index (χ2v) is 4.51. The quantitative estimate of drug-likeness (QED) is 0.660. The van der Waals surface area contributed by atoms with Crippen LogP contribution in [-0.4, -0.2) is 24.5 Å². The third-order valence-corrected chi connectivity index (χ3v) is 2.13. The van der Waals surface area contributed by atoms with Crippen LogP contribution in [0.2, 0.25) is 0 Å². The maximum Gasteiger partial charge on any atom is 0.264 e. The molecule has 1 aromatic rings. The summed E-state index contributed by atoms with van der Waals surface area (Å²) in [7, 11) is -1.58. The number of aromatic nitrogens is 2. The normalized spacial score (nSPS) is 11.9. The molecular weight excluding hydrogens is 192 g/mol. The van der Waals surface area contributed by atoms with E-state index in [1.54, 1.807) is 17.8 Å². The van der Waals surface area contributed by atoms with Crippen LogP contribution in [0.4, 0.5) is 0 Å². The zero-order valence-electron chi connectivity index (χ0n) is 7.81. The van der Waals surface area contributed by atoms with Crippen LogP contribution in [0, 0.1) is 6.92 Å². The van der Waals surface area contributed by atoms with E-state index in [1.807, 2.05) is 6.92 Å². The van der Waals surface area contributed by atoms with Crippen molar-refractivity contribution in [3.63, 3.8) is 0 Å². The predicted molar refractivity (Wildman–Crippen MR) is 47.6 cm³/mol. The summed E-state index contributed by atoms with van der Waals surface area (Å²) in [5.74, 6) is 0. The minimum absolute atomic E-state index is 0.000509. The summed E-state index contributed by atoms with van der Waals surface area (Å²) >= 11 is 0.